The van der Waals surface area contributed by atoms with Crippen LogP contribution in [0.15, 0.2) is 36.5 Å². The highest BCUT2D eigenvalue weighted by Gasteiger charge is 2.13. The Kier molecular flexibility index (Phi) is 5.60. The fraction of sp³-hybridized carbons (Fsp3) is 0.368. The van der Waals surface area contributed by atoms with Crippen molar-refractivity contribution in [1.29, 1.82) is 0 Å². The summed E-state index contributed by atoms with van der Waals surface area (Å²) in [6.45, 7) is 4.06. The minimum absolute atomic E-state index is 0.267. The molecule has 0 radical (unpaired) electrons. The van der Waals surface area contributed by atoms with E-state index >= 15 is 0 Å². The number of hydrogen-bond donors (Lipinski definition) is 2. The molecule has 2 heterocycles. The molecule has 1 amide bonds. The molecule has 25 heavy (non-hydrogen) atoms. The van der Waals surface area contributed by atoms with Crippen LogP contribution in [0.2, 0.25) is 0 Å². The van der Waals surface area contributed by atoms with E-state index in [9.17, 15) is 9.18 Å². The molecule has 1 aliphatic heterocycles. The van der Waals surface area contributed by atoms with Crippen LogP contribution in [0.25, 0.3) is 0 Å². The summed E-state index contributed by atoms with van der Waals surface area (Å²) in [4.78, 5) is 18.2. The Bertz CT molecular complexity index is 727. The number of anilines is 1. The molecule has 1 aliphatic rings. The first kappa shape index (κ1) is 17.4. The number of nitrogens with zero attached hydrogens (tertiary/aromatic N) is 2. The lowest BCUT2D eigenvalue weighted by Crippen LogP contribution is -2.26. The molecule has 1 aromatic carbocycles. The topological polar surface area (TPSA) is 71.2 Å². The largest absolute Gasteiger partial charge is 0.369 e. The van der Waals surface area contributed by atoms with Crippen molar-refractivity contribution in [3.8, 4) is 0 Å². The van der Waals surface area contributed by atoms with Crippen LogP contribution in [0.4, 0.5) is 10.2 Å². The summed E-state index contributed by atoms with van der Waals surface area (Å²) in [5.41, 5.74) is 7.58. The fourth-order valence-corrected chi connectivity index (χ4v) is 3.10. The first-order valence-electron chi connectivity index (χ1n) is 8.61. The van der Waals surface area contributed by atoms with Gasteiger partial charge >= 0.3 is 0 Å². The summed E-state index contributed by atoms with van der Waals surface area (Å²) >= 11 is 0. The Labute approximate surface area is 147 Å². The van der Waals surface area contributed by atoms with Crippen LogP contribution in [-0.2, 0) is 6.42 Å². The molecule has 0 saturated carbocycles. The van der Waals surface area contributed by atoms with Gasteiger partial charge < -0.3 is 16.0 Å². The smallest absolute Gasteiger partial charge is 0.250 e. The molecule has 6 heteroatoms. The zero-order valence-electron chi connectivity index (χ0n) is 14.2. The van der Waals surface area contributed by atoms with Gasteiger partial charge in [0.05, 0.1) is 5.56 Å². The van der Waals surface area contributed by atoms with Crippen molar-refractivity contribution < 1.29 is 9.18 Å². The van der Waals surface area contributed by atoms with E-state index in [1.54, 1.807) is 18.2 Å². The second kappa shape index (κ2) is 8.07. The lowest BCUT2D eigenvalue weighted by molar-refractivity contribution is 0.1000. The summed E-state index contributed by atoms with van der Waals surface area (Å²) < 4.78 is 13.1. The van der Waals surface area contributed by atoms with Crippen molar-refractivity contribution in [2.75, 3.05) is 31.5 Å². The van der Waals surface area contributed by atoms with E-state index in [2.05, 4.69) is 15.2 Å². The standard InChI is InChI=1S/C19H23FN4O/c20-17-5-3-14(4-6-17)11-15-12-16(18(21)25)13-23-19(15)22-7-10-24-8-1-2-9-24/h3-6,12-13H,1-2,7-11H2,(H2,21,25)(H,22,23). The number of nitrogens with one attached hydrogen (secondary N) is 1. The van der Waals surface area contributed by atoms with Gasteiger partial charge in [-0.25, -0.2) is 9.37 Å². The molecule has 132 valence electrons. The van der Waals surface area contributed by atoms with Crippen molar-refractivity contribution in [3.63, 3.8) is 0 Å². The molecule has 0 bridgehead atoms. The highest BCUT2D eigenvalue weighted by molar-refractivity contribution is 5.93. The van der Waals surface area contributed by atoms with Crippen LogP contribution in [0.1, 0.15) is 34.3 Å². The number of pyridine rings is 1. The lowest BCUT2D eigenvalue weighted by atomic mass is 10.0. The zero-order valence-corrected chi connectivity index (χ0v) is 14.2. The number of benzene rings is 1. The highest BCUT2D eigenvalue weighted by atomic mass is 19.1. The number of halogens is 1. The average Bonchev–Trinajstić information content (AvgIpc) is 3.11. The summed E-state index contributed by atoms with van der Waals surface area (Å²) in [5.74, 6) is -0.0262. The molecule has 5 nitrogen and oxygen atoms in total. The van der Waals surface area contributed by atoms with Gasteiger partial charge in [-0.05, 0) is 55.3 Å². The van der Waals surface area contributed by atoms with Gasteiger partial charge in [0.15, 0.2) is 0 Å². The van der Waals surface area contributed by atoms with Crippen molar-refractivity contribution in [2.24, 2.45) is 5.73 Å². The number of likely N-dealkylation sites (tertiary alicyclic amines) is 1. The number of carbonyl (C=O) groups is 1. The second-order valence-electron chi connectivity index (χ2n) is 6.37. The highest BCUT2D eigenvalue weighted by Crippen LogP contribution is 2.19. The molecule has 3 rings (SSSR count). The van der Waals surface area contributed by atoms with Crippen molar-refractivity contribution in [1.82, 2.24) is 9.88 Å². The number of rotatable bonds is 7. The SMILES string of the molecule is NC(=O)c1cnc(NCCN2CCCC2)c(Cc2ccc(F)cc2)c1. The first-order valence-corrected chi connectivity index (χ1v) is 8.61. The van der Waals surface area contributed by atoms with Crippen molar-refractivity contribution in [2.45, 2.75) is 19.3 Å². The Hall–Kier alpha value is -2.47. The number of aromatic nitrogens is 1. The van der Waals surface area contributed by atoms with Gasteiger partial charge in [0.25, 0.3) is 0 Å². The molecule has 0 aliphatic carbocycles. The van der Waals surface area contributed by atoms with E-state index < -0.39 is 5.91 Å². The number of amides is 1. The molecular weight excluding hydrogens is 319 g/mol. The maximum atomic E-state index is 13.1. The van der Waals surface area contributed by atoms with E-state index in [4.69, 9.17) is 5.73 Å². The van der Waals surface area contributed by atoms with Crippen molar-refractivity contribution >= 4 is 11.7 Å². The predicted molar refractivity (Wildman–Crippen MR) is 96.1 cm³/mol. The van der Waals surface area contributed by atoms with Gasteiger partial charge in [-0.2, -0.15) is 0 Å². The van der Waals surface area contributed by atoms with Crippen LogP contribution in [0.5, 0.6) is 0 Å². The molecule has 2 aromatic rings. The van der Waals surface area contributed by atoms with Crippen LogP contribution in [0.3, 0.4) is 0 Å². The summed E-state index contributed by atoms with van der Waals surface area (Å²) in [5, 5.41) is 3.36. The third-order valence-electron chi connectivity index (χ3n) is 4.48. The molecule has 1 saturated heterocycles. The monoisotopic (exact) mass is 342 g/mol. The Morgan fingerprint density at radius 2 is 1.96 bits per heavy atom. The zero-order chi connectivity index (χ0) is 17.6. The molecule has 0 spiro atoms. The van der Waals surface area contributed by atoms with Gasteiger partial charge in [-0.3, -0.25) is 4.79 Å². The Morgan fingerprint density at radius 1 is 1.24 bits per heavy atom. The van der Waals surface area contributed by atoms with Gasteiger partial charge in [0.2, 0.25) is 5.91 Å². The number of nitrogens with two attached hydrogens (primary N) is 1. The molecular formula is C19H23FN4O. The van der Waals surface area contributed by atoms with E-state index in [0.717, 1.165) is 43.1 Å². The quantitative estimate of drug-likeness (QED) is 0.811. The van der Waals surface area contributed by atoms with Crippen molar-refractivity contribution in [3.05, 3.63) is 59.0 Å². The van der Waals surface area contributed by atoms with Crippen LogP contribution < -0.4 is 11.1 Å². The summed E-state index contributed by atoms with van der Waals surface area (Å²) in [7, 11) is 0. The van der Waals surface area contributed by atoms with Crippen LogP contribution >= 0.6 is 0 Å². The average molecular weight is 342 g/mol. The van der Waals surface area contributed by atoms with Crippen LogP contribution in [0, 0.1) is 5.82 Å². The maximum Gasteiger partial charge on any atom is 0.250 e. The summed E-state index contributed by atoms with van der Waals surface area (Å²) in [6, 6.07) is 8.10. The van der Waals surface area contributed by atoms with Gasteiger partial charge in [-0.1, -0.05) is 12.1 Å². The molecule has 3 N–H and O–H groups in total. The second-order valence-corrected chi connectivity index (χ2v) is 6.37. The minimum Gasteiger partial charge on any atom is -0.369 e. The first-order chi connectivity index (χ1) is 12.1. The Morgan fingerprint density at radius 3 is 2.64 bits per heavy atom. The van der Waals surface area contributed by atoms with Crippen LogP contribution in [-0.4, -0.2) is 42.0 Å². The van der Waals surface area contributed by atoms with Gasteiger partial charge in [-0.15, -0.1) is 0 Å². The summed E-state index contributed by atoms with van der Waals surface area (Å²) in [6.07, 6.45) is 4.58. The Balaban J connectivity index is 1.73. The van der Waals surface area contributed by atoms with E-state index in [0.29, 0.717) is 12.0 Å². The number of primary amides is 1. The van der Waals surface area contributed by atoms with Gasteiger partial charge in [0, 0.05) is 25.7 Å². The minimum atomic E-state index is -0.503. The fourth-order valence-electron chi connectivity index (χ4n) is 3.10. The third kappa shape index (κ3) is 4.76. The molecule has 1 fully saturated rings. The third-order valence-corrected chi connectivity index (χ3v) is 4.48. The lowest BCUT2D eigenvalue weighted by Gasteiger charge is -2.17. The molecule has 0 unspecified atom stereocenters. The van der Waals surface area contributed by atoms with E-state index in [1.807, 2.05) is 0 Å². The van der Waals surface area contributed by atoms with E-state index in [-0.39, 0.29) is 5.82 Å². The van der Waals surface area contributed by atoms with E-state index in [1.165, 1.54) is 31.2 Å². The molecule has 0 atom stereocenters. The number of carbonyl (C=O) groups excluding carboxylic acids is 1. The molecule has 1 aromatic heterocycles. The maximum absolute atomic E-state index is 13.1. The van der Waals surface area contributed by atoms with Gasteiger partial charge in [0.1, 0.15) is 11.6 Å². The number of hydrogen-bond acceptors (Lipinski definition) is 4. The normalized spacial score (nSPS) is 14.6. The predicted octanol–water partition coefficient (Wildman–Crippen LogP) is 2.42.